The van der Waals surface area contributed by atoms with Gasteiger partial charge in [-0.2, -0.15) is 0 Å². The molecule has 0 bridgehead atoms. The Morgan fingerprint density at radius 2 is 2.29 bits per heavy atom. The van der Waals surface area contributed by atoms with Crippen molar-refractivity contribution in [3.8, 4) is 0 Å². The van der Waals surface area contributed by atoms with Crippen LogP contribution in [-0.2, 0) is 30.6 Å². The molecule has 0 N–H and O–H groups in total. The number of rotatable bonds is 0. The molecule has 1 nitrogen and oxygen atoms in total. The second kappa shape index (κ2) is 3.79. The third-order valence-corrected chi connectivity index (χ3v) is 1.16. The minimum Gasteiger partial charge on any atom is -0.379 e. The van der Waals surface area contributed by atoms with Gasteiger partial charge in [-0.1, -0.05) is 0 Å². The van der Waals surface area contributed by atoms with Crippen LogP contribution in [0.3, 0.4) is 0 Å². The van der Waals surface area contributed by atoms with Crippen molar-refractivity contribution in [3.63, 3.8) is 0 Å². The maximum absolute atomic E-state index is 5.15. The van der Waals surface area contributed by atoms with E-state index in [-0.39, 0.29) is 25.8 Å². The Balaban J connectivity index is 0.000000360. The van der Waals surface area contributed by atoms with Crippen LogP contribution in [0.4, 0.5) is 0 Å². The molecule has 7 heavy (non-hydrogen) atoms. The zero-order valence-electron chi connectivity index (χ0n) is 4.61. The van der Waals surface area contributed by atoms with E-state index in [0.29, 0.717) is 6.10 Å². The van der Waals surface area contributed by atoms with Crippen molar-refractivity contribution in [2.75, 3.05) is 6.61 Å². The van der Waals surface area contributed by atoms with Gasteiger partial charge in [-0.25, -0.2) is 0 Å². The first-order valence-electron chi connectivity index (χ1n) is 2.51. The van der Waals surface area contributed by atoms with Gasteiger partial charge in [0.05, 0.1) is 6.10 Å². The molecule has 1 aliphatic rings. The van der Waals surface area contributed by atoms with Crippen molar-refractivity contribution in [3.05, 3.63) is 0 Å². The standard InChI is InChI=1S/C5H10O.Hf/c1-5-3-2-4-6-5;/h5H,2-4H2,1H3;. The van der Waals surface area contributed by atoms with Crippen LogP contribution in [-0.4, -0.2) is 12.7 Å². The molecule has 0 radical (unpaired) electrons. The molecule has 0 amide bonds. The van der Waals surface area contributed by atoms with E-state index in [1.54, 1.807) is 0 Å². The zero-order valence-corrected chi connectivity index (χ0v) is 8.20. The molecule has 0 aromatic heterocycles. The molecule has 1 unspecified atom stereocenters. The Morgan fingerprint density at radius 1 is 1.57 bits per heavy atom. The van der Waals surface area contributed by atoms with Crippen molar-refractivity contribution < 1.29 is 30.6 Å². The minimum atomic E-state index is 0. The summed E-state index contributed by atoms with van der Waals surface area (Å²) in [4.78, 5) is 0. The quantitative estimate of drug-likeness (QED) is 0.597. The monoisotopic (exact) mass is 266 g/mol. The average Bonchev–Trinajstić information content (AvgIpc) is 1.86. The third-order valence-electron chi connectivity index (χ3n) is 1.16. The van der Waals surface area contributed by atoms with Crippen LogP contribution < -0.4 is 0 Å². The smallest absolute Gasteiger partial charge is 0.0547 e. The number of hydrogen-bond donors (Lipinski definition) is 0. The van der Waals surface area contributed by atoms with E-state index < -0.39 is 0 Å². The Kier molecular flexibility index (Phi) is 4.24. The average molecular weight is 265 g/mol. The van der Waals surface area contributed by atoms with E-state index in [1.165, 1.54) is 12.8 Å². The third kappa shape index (κ3) is 2.60. The van der Waals surface area contributed by atoms with Gasteiger partial charge >= 0.3 is 0 Å². The summed E-state index contributed by atoms with van der Waals surface area (Å²) in [5.74, 6) is 0. The molecule has 1 aliphatic heterocycles. The summed E-state index contributed by atoms with van der Waals surface area (Å²) in [7, 11) is 0. The summed E-state index contributed by atoms with van der Waals surface area (Å²) < 4.78 is 5.15. The summed E-state index contributed by atoms with van der Waals surface area (Å²) in [6, 6.07) is 0. The van der Waals surface area contributed by atoms with E-state index in [2.05, 4.69) is 6.92 Å². The molecular weight excluding hydrogens is 255 g/mol. The molecule has 0 aromatic rings. The maximum Gasteiger partial charge on any atom is 0.0547 e. The maximum atomic E-state index is 5.15. The van der Waals surface area contributed by atoms with E-state index in [4.69, 9.17) is 4.74 Å². The zero-order chi connectivity index (χ0) is 4.41. The molecular formula is C5H10HfO. The van der Waals surface area contributed by atoms with E-state index in [1.807, 2.05) is 0 Å². The van der Waals surface area contributed by atoms with Crippen LogP contribution in [0, 0.1) is 0 Å². The summed E-state index contributed by atoms with van der Waals surface area (Å²) in [5, 5.41) is 0. The van der Waals surface area contributed by atoms with Gasteiger partial charge in [-0.05, 0) is 19.8 Å². The number of ether oxygens (including phenoxy) is 1. The molecule has 1 heterocycles. The van der Waals surface area contributed by atoms with Crippen molar-refractivity contribution >= 4 is 0 Å². The molecule has 1 rings (SSSR count). The van der Waals surface area contributed by atoms with Gasteiger partial charge in [0.25, 0.3) is 0 Å². The predicted molar refractivity (Wildman–Crippen MR) is 24.6 cm³/mol. The second-order valence-corrected chi connectivity index (χ2v) is 1.82. The first-order valence-corrected chi connectivity index (χ1v) is 2.51. The molecule has 40 valence electrons. The van der Waals surface area contributed by atoms with Gasteiger partial charge < -0.3 is 4.74 Å². The van der Waals surface area contributed by atoms with E-state index >= 15 is 0 Å². The van der Waals surface area contributed by atoms with Gasteiger partial charge in [0, 0.05) is 32.5 Å². The Bertz CT molecular complexity index is 41.3. The van der Waals surface area contributed by atoms with Gasteiger partial charge in [0.2, 0.25) is 0 Å². The Morgan fingerprint density at radius 3 is 2.43 bits per heavy atom. The molecule has 0 aromatic carbocycles. The normalized spacial score (nSPS) is 29.6. The summed E-state index contributed by atoms with van der Waals surface area (Å²) >= 11 is 0. The van der Waals surface area contributed by atoms with Crippen LogP contribution in [0.15, 0.2) is 0 Å². The molecule has 0 spiro atoms. The van der Waals surface area contributed by atoms with E-state index in [9.17, 15) is 0 Å². The largest absolute Gasteiger partial charge is 0.379 e. The molecule has 0 saturated carbocycles. The summed E-state index contributed by atoms with van der Waals surface area (Å²) in [5.41, 5.74) is 0. The SMILES string of the molecule is CC1CCCO1.[Hf]. The predicted octanol–water partition coefficient (Wildman–Crippen LogP) is 1.18. The van der Waals surface area contributed by atoms with Crippen molar-refractivity contribution in [1.29, 1.82) is 0 Å². The van der Waals surface area contributed by atoms with E-state index in [0.717, 1.165) is 6.61 Å². The molecule has 0 aliphatic carbocycles. The Hall–Kier alpha value is 0.830. The molecule has 1 fully saturated rings. The fourth-order valence-electron chi connectivity index (χ4n) is 0.739. The van der Waals surface area contributed by atoms with Gasteiger partial charge in [-0.3, -0.25) is 0 Å². The topological polar surface area (TPSA) is 9.23 Å². The summed E-state index contributed by atoms with van der Waals surface area (Å²) in [6.45, 7) is 3.11. The fourth-order valence-corrected chi connectivity index (χ4v) is 0.739. The first kappa shape index (κ1) is 7.83. The van der Waals surface area contributed by atoms with Crippen LogP contribution in [0.1, 0.15) is 19.8 Å². The molecule has 1 saturated heterocycles. The first-order chi connectivity index (χ1) is 2.89. The molecule has 2 heteroatoms. The van der Waals surface area contributed by atoms with Crippen molar-refractivity contribution in [1.82, 2.24) is 0 Å². The Labute approximate surface area is 63.2 Å². The second-order valence-electron chi connectivity index (χ2n) is 1.82. The van der Waals surface area contributed by atoms with Crippen LogP contribution in [0.5, 0.6) is 0 Å². The fraction of sp³-hybridized carbons (Fsp3) is 1.00. The minimum absolute atomic E-state index is 0. The number of hydrogen-bond acceptors (Lipinski definition) is 1. The van der Waals surface area contributed by atoms with Crippen LogP contribution in [0.25, 0.3) is 0 Å². The van der Waals surface area contributed by atoms with Crippen LogP contribution >= 0.6 is 0 Å². The summed E-state index contributed by atoms with van der Waals surface area (Å²) in [6.07, 6.45) is 3.08. The van der Waals surface area contributed by atoms with Crippen LogP contribution in [0.2, 0.25) is 0 Å². The van der Waals surface area contributed by atoms with Gasteiger partial charge in [-0.15, -0.1) is 0 Å². The van der Waals surface area contributed by atoms with Crippen molar-refractivity contribution in [2.24, 2.45) is 0 Å². The van der Waals surface area contributed by atoms with Gasteiger partial charge in [0.1, 0.15) is 0 Å². The van der Waals surface area contributed by atoms with Crippen molar-refractivity contribution in [2.45, 2.75) is 25.9 Å². The van der Waals surface area contributed by atoms with Gasteiger partial charge in [0.15, 0.2) is 0 Å². The molecule has 1 atom stereocenters.